The van der Waals surface area contributed by atoms with Crippen molar-refractivity contribution in [3.8, 4) is 11.1 Å². The van der Waals surface area contributed by atoms with E-state index < -0.39 is 0 Å². The fourth-order valence-corrected chi connectivity index (χ4v) is 7.80. The first-order chi connectivity index (χ1) is 17.4. The Kier molecular flexibility index (Phi) is 3.35. The highest BCUT2D eigenvalue weighted by Crippen LogP contribution is 2.44. The van der Waals surface area contributed by atoms with Crippen LogP contribution in [0.1, 0.15) is 0 Å². The summed E-state index contributed by atoms with van der Waals surface area (Å²) in [6.07, 6.45) is 0. The minimum Gasteiger partial charge on any atom is -0.455 e. The van der Waals surface area contributed by atoms with E-state index >= 15 is 0 Å². The highest BCUT2D eigenvalue weighted by Gasteiger charge is 2.39. The fraction of sp³-hybridized carbons (Fsp3) is 0. The molecule has 6 aromatic carbocycles. The molecule has 3 heteroatoms. The van der Waals surface area contributed by atoms with Gasteiger partial charge in [-0.15, -0.1) is 0 Å². The van der Waals surface area contributed by atoms with Crippen LogP contribution in [-0.2, 0) is 0 Å². The van der Waals surface area contributed by atoms with Gasteiger partial charge in [-0.2, -0.15) is 0 Å². The Morgan fingerprint density at radius 3 is 2.40 bits per heavy atom. The van der Waals surface area contributed by atoms with E-state index in [4.69, 9.17) is 4.42 Å². The maximum Gasteiger partial charge on any atom is 0.245 e. The summed E-state index contributed by atoms with van der Waals surface area (Å²) in [5.74, 6) is 0. The van der Waals surface area contributed by atoms with Crippen molar-refractivity contribution in [3.63, 3.8) is 0 Å². The van der Waals surface area contributed by atoms with Gasteiger partial charge in [-0.1, -0.05) is 108 Å². The van der Waals surface area contributed by atoms with Crippen molar-refractivity contribution >= 4 is 78.3 Å². The monoisotopic (exact) mass is 460 g/mol. The molecule has 9 rings (SSSR count). The van der Waals surface area contributed by atoms with Gasteiger partial charge in [-0.05, 0) is 50.9 Å². The zero-order chi connectivity index (χ0) is 22.7. The number of hydrogen-bond donors (Lipinski definition) is 0. The molecule has 0 aliphatic carbocycles. The molecule has 160 valence electrons. The SMILES string of the molecule is c1cc2c3c(c1)-c1cc4c5ccccc5oc4c4cccc(c14)B3c1ccc3ccccc3c1S2. The second kappa shape index (κ2) is 6.38. The van der Waals surface area contributed by atoms with Crippen molar-refractivity contribution in [2.45, 2.75) is 9.79 Å². The summed E-state index contributed by atoms with van der Waals surface area (Å²) in [4.78, 5) is 2.76. The van der Waals surface area contributed by atoms with E-state index in [0.717, 1.165) is 11.2 Å². The number of para-hydroxylation sites is 1. The number of rotatable bonds is 0. The van der Waals surface area contributed by atoms with Crippen LogP contribution >= 0.6 is 11.8 Å². The average Bonchev–Trinajstić information content (AvgIpc) is 3.29. The summed E-state index contributed by atoms with van der Waals surface area (Å²) in [7, 11) is 0. The average molecular weight is 460 g/mol. The topological polar surface area (TPSA) is 13.1 Å². The lowest BCUT2D eigenvalue weighted by molar-refractivity contribution is 0.672. The molecule has 3 heterocycles. The molecular weight excluding hydrogens is 443 g/mol. The lowest BCUT2D eigenvalue weighted by Crippen LogP contribution is -2.57. The Morgan fingerprint density at radius 1 is 0.600 bits per heavy atom. The number of benzene rings is 6. The van der Waals surface area contributed by atoms with E-state index in [9.17, 15) is 0 Å². The van der Waals surface area contributed by atoms with E-state index in [1.54, 1.807) is 0 Å². The number of hydrogen-bond acceptors (Lipinski definition) is 2. The molecule has 0 N–H and O–H groups in total. The van der Waals surface area contributed by atoms with E-state index in [0.29, 0.717) is 0 Å². The third-order valence-electron chi connectivity index (χ3n) is 7.92. The third kappa shape index (κ3) is 2.23. The second-order valence-electron chi connectivity index (χ2n) is 9.63. The molecule has 0 spiro atoms. The van der Waals surface area contributed by atoms with E-state index in [2.05, 4.69) is 103 Å². The molecule has 2 aliphatic heterocycles. The van der Waals surface area contributed by atoms with Crippen LogP contribution in [0.5, 0.6) is 0 Å². The molecule has 35 heavy (non-hydrogen) atoms. The van der Waals surface area contributed by atoms with Gasteiger partial charge in [0.1, 0.15) is 11.2 Å². The van der Waals surface area contributed by atoms with Crippen LogP contribution in [0.4, 0.5) is 0 Å². The first-order valence-electron chi connectivity index (χ1n) is 12.1. The normalized spacial score (nSPS) is 13.5. The van der Waals surface area contributed by atoms with Gasteiger partial charge in [0.25, 0.3) is 0 Å². The Bertz CT molecular complexity index is 2050. The van der Waals surface area contributed by atoms with Crippen LogP contribution in [0.2, 0.25) is 0 Å². The predicted molar refractivity (Wildman–Crippen MR) is 149 cm³/mol. The van der Waals surface area contributed by atoms with Gasteiger partial charge in [-0.3, -0.25) is 0 Å². The van der Waals surface area contributed by atoms with Crippen molar-refractivity contribution in [1.29, 1.82) is 0 Å². The van der Waals surface area contributed by atoms with Crippen LogP contribution in [0.3, 0.4) is 0 Å². The Hall–Kier alpha value is -3.95. The smallest absolute Gasteiger partial charge is 0.245 e. The largest absolute Gasteiger partial charge is 0.455 e. The van der Waals surface area contributed by atoms with Gasteiger partial charge < -0.3 is 4.42 Å². The summed E-state index contributed by atoms with van der Waals surface area (Å²) in [5.41, 5.74) is 8.88. The maximum atomic E-state index is 6.46. The fourth-order valence-electron chi connectivity index (χ4n) is 6.49. The molecule has 2 aliphatic rings. The van der Waals surface area contributed by atoms with Gasteiger partial charge in [0, 0.05) is 25.9 Å². The lowest BCUT2D eigenvalue weighted by atomic mass is 9.33. The van der Waals surface area contributed by atoms with Crippen molar-refractivity contribution in [2.75, 3.05) is 0 Å². The highest BCUT2D eigenvalue weighted by molar-refractivity contribution is 8.00. The summed E-state index contributed by atoms with van der Waals surface area (Å²) in [5, 5.41) is 7.58. The first-order valence-corrected chi connectivity index (χ1v) is 12.9. The molecule has 0 radical (unpaired) electrons. The molecule has 0 bridgehead atoms. The van der Waals surface area contributed by atoms with Crippen molar-refractivity contribution < 1.29 is 4.42 Å². The van der Waals surface area contributed by atoms with Gasteiger partial charge in [-0.25, -0.2) is 0 Å². The summed E-state index contributed by atoms with van der Waals surface area (Å²) >= 11 is 1.93. The molecule has 1 nitrogen and oxygen atoms in total. The highest BCUT2D eigenvalue weighted by atomic mass is 32.2. The zero-order valence-corrected chi connectivity index (χ0v) is 19.5. The third-order valence-corrected chi connectivity index (χ3v) is 9.16. The second-order valence-corrected chi connectivity index (χ2v) is 10.7. The quantitative estimate of drug-likeness (QED) is 0.230. The molecule has 0 unspecified atom stereocenters. The molecule has 0 atom stereocenters. The van der Waals surface area contributed by atoms with Gasteiger partial charge in [0.05, 0.1) is 0 Å². The molecule has 1 aromatic heterocycles. The minimum atomic E-state index is 0.222. The van der Waals surface area contributed by atoms with Crippen LogP contribution in [-0.4, -0.2) is 6.71 Å². The minimum absolute atomic E-state index is 0.222. The Morgan fingerprint density at radius 2 is 1.43 bits per heavy atom. The Balaban J connectivity index is 1.48. The van der Waals surface area contributed by atoms with Gasteiger partial charge in [0.2, 0.25) is 6.71 Å². The van der Waals surface area contributed by atoms with Crippen molar-refractivity contribution in [2.24, 2.45) is 0 Å². The lowest BCUT2D eigenvalue weighted by Gasteiger charge is -2.33. The van der Waals surface area contributed by atoms with Gasteiger partial charge >= 0.3 is 0 Å². The first kappa shape index (κ1) is 18.4. The number of furan rings is 1. The molecule has 0 amide bonds. The van der Waals surface area contributed by atoms with Crippen LogP contribution in [0.15, 0.2) is 117 Å². The molecule has 7 aromatic rings. The number of fused-ring (bicyclic) bond motifs is 10. The van der Waals surface area contributed by atoms with Gasteiger partial charge in [0.15, 0.2) is 0 Å². The Labute approximate surface area is 206 Å². The van der Waals surface area contributed by atoms with Crippen LogP contribution < -0.4 is 16.4 Å². The van der Waals surface area contributed by atoms with E-state index in [-0.39, 0.29) is 6.71 Å². The maximum absolute atomic E-state index is 6.46. The van der Waals surface area contributed by atoms with Crippen LogP contribution in [0.25, 0.3) is 54.6 Å². The summed E-state index contributed by atoms with van der Waals surface area (Å²) in [6.45, 7) is 0.222. The molecule has 0 saturated carbocycles. The van der Waals surface area contributed by atoms with E-state index in [1.807, 2.05) is 11.8 Å². The van der Waals surface area contributed by atoms with Crippen molar-refractivity contribution in [1.82, 2.24) is 0 Å². The van der Waals surface area contributed by atoms with E-state index in [1.165, 1.54) is 69.6 Å². The summed E-state index contributed by atoms with van der Waals surface area (Å²) < 4.78 is 6.46. The zero-order valence-electron chi connectivity index (χ0n) is 18.7. The molecule has 0 fully saturated rings. The standard InChI is InChI=1S/C32H17BOS/c1-2-8-19-18(7-1)15-16-26-32(19)35-28-14-6-10-21-23-17-24-20-9-3-4-13-27(20)34-31(24)22-11-5-12-25(29(22)23)33(26)30(21)28/h1-17H. The molecule has 0 saturated heterocycles. The molecular formula is C32H17BOS. The summed E-state index contributed by atoms with van der Waals surface area (Å²) in [6, 6.07) is 37.8. The van der Waals surface area contributed by atoms with Crippen LogP contribution in [0, 0.1) is 0 Å². The predicted octanol–water partition coefficient (Wildman–Crippen LogP) is 6.85. The van der Waals surface area contributed by atoms with Crippen molar-refractivity contribution in [3.05, 3.63) is 103 Å².